The Morgan fingerprint density at radius 1 is 1.04 bits per heavy atom. The van der Waals surface area contributed by atoms with E-state index in [0.717, 1.165) is 36.2 Å². The molecule has 2 unspecified atom stereocenters. The van der Waals surface area contributed by atoms with Crippen molar-refractivity contribution in [1.29, 1.82) is 5.26 Å². The van der Waals surface area contributed by atoms with Gasteiger partial charge in [0.2, 0.25) is 11.8 Å². The molecule has 5 heterocycles. The van der Waals surface area contributed by atoms with Crippen LogP contribution in [0.1, 0.15) is 89.0 Å². The van der Waals surface area contributed by atoms with Gasteiger partial charge in [-0.1, -0.05) is 20.8 Å². The Hall–Kier alpha value is -6.72. The lowest BCUT2D eigenvalue weighted by Crippen LogP contribution is -2.55. The van der Waals surface area contributed by atoms with E-state index in [2.05, 4.69) is 25.3 Å². The average Bonchev–Trinajstić information content (AvgIpc) is 4.09. The van der Waals surface area contributed by atoms with E-state index in [-0.39, 0.29) is 23.7 Å². The molecular weight excluding hydrogens is 895 g/mol. The Morgan fingerprint density at radius 2 is 1.78 bits per heavy atom. The number of anilines is 2. The van der Waals surface area contributed by atoms with Crippen LogP contribution in [-0.2, 0) is 25.3 Å². The third-order valence-electron chi connectivity index (χ3n) is 11.6. The second kappa shape index (κ2) is 19.2. The first-order valence-corrected chi connectivity index (χ1v) is 21.9. The van der Waals surface area contributed by atoms with Gasteiger partial charge in [0.25, 0.3) is 5.91 Å². The number of hydrogen-bond donors (Lipinski definition) is 2. The summed E-state index contributed by atoms with van der Waals surface area (Å²) < 4.78 is 73.8. The van der Waals surface area contributed by atoms with Crippen molar-refractivity contribution < 1.29 is 45.8 Å². The number of benzene rings is 2. The maximum atomic E-state index is 15.4. The number of likely N-dealkylation sites (tertiary alicyclic amines) is 1. The van der Waals surface area contributed by atoms with Crippen molar-refractivity contribution in [2.45, 2.75) is 91.0 Å². The van der Waals surface area contributed by atoms with Crippen molar-refractivity contribution in [1.82, 2.24) is 30.2 Å². The molecule has 5 aromatic rings. The number of alkyl halides is 3. The molecule has 15 nitrogen and oxygen atoms in total. The molecule has 352 valence electrons. The number of nitriles is 1. The molecule has 0 saturated carbocycles. The predicted molar refractivity (Wildman–Crippen MR) is 242 cm³/mol. The first kappa shape index (κ1) is 48.2. The summed E-state index contributed by atoms with van der Waals surface area (Å²) in [4.78, 5) is 61.0. The number of H-pyrrole nitrogens is 1. The standard InChI is InChI=1S/C47H49F4N9O6S/c1-27-39(66-26-55-27)33-24-54-41(56-33)35-10-9-19-58(35)42(62)40(45(2,3)4)57-36(61)25-64-20-7-8-21-65-31-15-11-28(12-16-31)32-17-14-30(23-53-32)60-44(67)59(43(63)46(60,5)6)34-18-13-29(22-52)37(38(34)48)47(49,50)51/h11-18,23-24,26,35,40H,7-10,19-21,25H2,1-6H3,(H,54,56)(H,57,61). The maximum absolute atomic E-state index is 15.4. The summed E-state index contributed by atoms with van der Waals surface area (Å²) in [6.07, 6.45) is 2.10. The van der Waals surface area contributed by atoms with Crippen LogP contribution in [0.3, 0.4) is 0 Å². The molecule has 0 bridgehead atoms. The van der Waals surface area contributed by atoms with Gasteiger partial charge in [-0.15, -0.1) is 0 Å². The zero-order valence-electron chi connectivity index (χ0n) is 37.7. The van der Waals surface area contributed by atoms with Crippen molar-refractivity contribution >= 4 is 46.4 Å². The van der Waals surface area contributed by atoms with E-state index in [4.69, 9.17) is 26.1 Å². The molecule has 2 aliphatic heterocycles. The smallest absolute Gasteiger partial charge is 0.420 e. The van der Waals surface area contributed by atoms with Crippen molar-refractivity contribution in [3.63, 3.8) is 0 Å². The summed E-state index contributed by atoms with van der Waals surface area (Å²) in [6.45, 7) is 11.6. The number of nitrogens with one attached hydrogen (secondary N) is 2. The van der Waals surface area contributed by atoms with Crippen molar-refractivity contribution in [3.05, 3.63) is 95.8 Å². The van der Waals surface area contributed by atoms with E-state index in [1.54, 1.807) is 35.4 Å². The number of thiocarbonyl (C=S) groups is 1. The molecule has 2 saturated heterocycles. The molecule has 20 heteroatoms. The number of amides is 3. The first-order valence-electron chi connectivity index (χ1n) is 21.5. The number of unbranched alkanes of at least 4 members (excludes halogenated alkanes) is 1. The highest BCUT2D eigenvalue weighted by Crippen LogP contribution is 2.42. The molecule has 2 fully saturated rings. The molecule has 3 amide bonds. The van der Waals surface area contributed by atoms with E-state index in [9.17, 15) is 32.8 Å². The molecule has 2 atom stereocenters. The minimum Gasteiger partial charge on any atom is -0.494 e. The molecule has 0 spiro atoms. The van der Waals surface area contributed by atoms with Crippen LogP contribution >= 0.6 is 12.2 Å². The number of oxazole rings is 1. The number of ether oxygens (including phenoxy) is 2. The molecule has 3 aromatic heterocycles. The van der Waals surface area contributed by atoms with Gasteiger partial charge in [0.1, 0.15) is 41.0 Å². The number of pyridine rings is 1. The van der Waals surface area contributed by atoms with Gasteiger partial charge in [0.15, 0.2) is 23.1 Å². The van der Waals surface area contributed by atoms with E-state index >= 15 is 4.39 Å². The summed E-state index contributed by atoms with van der Waals surface area (Å²) in [7, 11) is 0. The van der Waals surface area contributed by atoms with Gasteiger partial charge in [0.05, 0.1) is 59.4 Å². The van der Waals surface area contributed by atoms with Gasteiger partial charge < -0.3 is 34.0 Å². The van der Waals surface area contributed by atoms with Gasteiger partial charge in [-0.2, -0.15) is 18.4 Å². The SMILES string of the molecule is Cc1ncoc1-c1cnc(C2CCCN2C(=O)C(NC(=O)COCCCCOc2ccc(-c3ccc(N4C(=S)N(c5ccc(C#N)c(C(F)(F)F)c5F)C(=O)C4(C)C)cn3)cc2)C(C)(C)C)[nH]1. The Bertz CT molecular complexity index is 2690. The van der Waals surface area contributed by atoms with Crippen LogP contribution in [0.25, 0.3) is 22.7 Å². The topological polar surface area (TPSA) is 183 Å². The van der Waals surface area contributed by atoms with Gasteiger partial charge in [-0.3, -0.25) is 24.3 Å². The van der Waals surface area contributed by atoms with Crippen LogP contribution in [0.2, 0.25) is 0 Å². The zero-order chi connectivity index (χ0) is 48.4. The minimum atomic E-state index is -5.19. The number of halogens is 4. The highest BCUT2D eigenvalue weighted by atomic mass is 32.1. The highest BCUT2D eigenvalue weighted by Gasteiger charge is 2.52. The van der Waals surface area contributed by atoms with Crippen LogP contribution in [0.5, 0.6) is 5.75 Å². The van der Waals surface area contributed by atoms with Crippen LogP contribution in [0.15, 0.2) is 71.7 Å². The average molecular weight is 944 g/mol. The molecule has 67 heavy (non-hydrogen) atoms. The number of carbonyl (C=O) groups excluding carboxylic acids is 3. The monoisotopic (exact) mass is 943 g/mol. The molecular formula is C47H49F4N9O6S. The van der Waals surface area contributed by atoms with Crippen LogP contribution in [0.4, 0.5) is 28.9 Å². The Balaban J connectivity index is 0.864. The third-order valence-corrected chi connectivity index (χ3v) is 12.0. The Morgan fingerprint density at radius 3 is 2.42 bits per heavy atom. The number of aryl methyl sites for hydroxylation is 1. The summed E-state index contributed by atoms with van der Waals surface area (Å²) in [6, 6.07) is 12.5. The fourth-order valence-corrected chi connectivity index (χ4v) is 8.65. The van der Waals surface area contributed by atoms with E-state index < -0.39 is 57.6 Å². The lowest BCUT2D eigenvalue weighted by Gasteiger charge is -2.35. The summed E-state index contributed by atoms with van der Waals surface area (Å²) in [5, 5.41) is 11.8. The lowest BCUT2D eigenvalue weighted by molar-refractivity contribution is -0.141. The van der Waals surface area contributed by atoms with Crippen molar-refractivity contribution in [2.24, 2.45) is 5.41 Å². The van der Waals surface area contributed by atoms with E-state index in [1.165, 1.54) is 37.4 Å². The highest BCUT2D eigenvalue weighted by molar-refractivity contribution is 7.81. The Kier molecular flexibility index (Phi) is 13.9. The lowest BCUT2D eigenvalue weighted by atomic mass is 9.85. The van der Waals surface area contributed by atoms with Crippen molar-refractivity contribution in [3.8, 4) is 34.5 Å². The molecule has 2 aromatic carbocycles. The largest absolute Gasteiger partial charge is 0.494 e. The number of rotatable bonds is 15. The number of imidazole rings is 1. The third kappa shape index (κ3) is 10.0. The molecule has 2 N–H and O–H groups in total. The second-order valence-corrected chi connectivity index (χ2v) is 18.2. The summed E-state index contributed by atoms with van der Waals surface area (Å²) >= 11 is 5.54. The fraction of sp³-hybridized carbons (Fsp3) is 0.404. The zero-order valence-corrected chi connectivity index (χ0v) is 38.5. The van der Waals surface area contributed by atoms with Gasteiger partial charge >= 0.3 is 6.18 Å². The quantitative estimate of drug-likeness (QED) is 0.0581. The molecule has 0 aliphatic carbocycles. The minimum absolute atomic E-state index is 0.186. The fourth-order valence-electron chi connectivity index (χ4n) is 8.13. The normalized spacial score (nSPS) is 16.7. The maximum Gasteiger partial charge on any atom is 0.420 e. The van der Waals surface area contributed by atoms with E-state index in [1.807, 2.05) is 39.8 Å². The number of aromatic nitrogens is 4. The van der Waals surface area contributed by atoms with Gasteiger partial charge in [-0.05, 0) is 113 Å². The summed E-state index contributed by atoms with van der Waals surface area (Å²) in [5.41, 5.74) is -2.35. The number of aromatic amines is 1. The predicted octanol–water partition coefficient (Wildman–Crippen LogP) is 8.45. The molecule has 2 aliphatic rings. The molecule has 7 rings (SSSR count). The Labute approximate surface area is 389 Å². The van der Waals surface area contributed by atoms with Crippen LogP contribution < -0.4 is 19.9 Å². The first-order chi connectivity index (χ1) is 31.7. The number of hydrogen-bond acceptors (Lipinski definition) is 11. The summed E-state index contributed by atoms with van der Waals surface area (Å²) in [5.74, 6) is -1.27. The molecule has 0 radical (unpaired) electrons. The van der Waals surface area contributed by atoms with Crippen LogP contribution in [-0.4, -0.2) is 85.6 Å². The van der Waals surface area contributed by atoms with Crippen molar-refractivity contribution in [2.75, 3.05) is 36.2 Å². The number of carbonyl (C=O) groups is 3. The van der Waals surface area contributed by atoms with E-state index in [0.29, 0.717) is 71.9 Å². The number of nitrogens with zero attached hydrogens (tertiary/aromatic N) is 7. The second-order valence-electron chi connectivity index (χ2n) is 17.8. The van der Waals surface area contributed by atoms with Crippen LogP contribution in [0, 0.1) is 29.5 Å². The van der Waals surface area contributed by atoms with Gasteiger partial charge in [0, 0.05) is 18.7 Å². The van der Waals surface area contributed by atoms with Gasteiger partial charge in [-0.25, -0.2) is 14.4 Å².